The molecule has 0 aromatic heterocycles. The first-order valence-corrected chi connectivity index (χ1v) is 6.77. The number of hydrogen-bond donors (Lipinski definition) is 1. The molecule has 2 unspecified atom stereocenters. The van der Waals surface area contributed by atoms with E-state index in [0.717, 1.165) is 30.8 Å². The normalized spacial score (nSPS) is 24.4. The van der Waals surface area contributed by atoms with Crippen molar-refractivity contribution in [1.82, 2.24) is 0 Å². The molecule has 0 amide bonds. The minimum atomic E-state index is -0.291. The van der Waals surface area contributed by atoms with Crippen LogP contribution >= 0.6 is 0 Å². The third-order valence-electron chi connectivity index (χ3n) is 3.71. The Kier molecular flexibility index (Phi) is 4.80. The quantitative estimate of drug-likeness (QED) is 0.802. The molecule has 0 bridgehead atoms. The van der Waals surface area contributed by atoms with Crippen molar-refractivity contribution in [3.05, 3.63) is 29.8 Å². The van der Waals surface area contributed by atoms with Gasteiger partial charge < -0.3 is 19.9 Å². The lowest BCUT2D eigenvalue weighted by Crippen LogP contribution is -2.37. The van der Waals surface area contributed by atoms with E-state index in [9.17, 15) is 0 Å². The Labute approximate surface area is 114 Å². The maximum Gasteiger partial charge on any atom is 0.124 e. The van der Waals surface area contributed by atoms with E-state index in [0.29, 0.717) is 13.2 Å². The minimum Gasteiger partial charge on any atom is -0.491 e. The van der Waals surface area contributed by atoms with Gasteiger partial charge in [0.1, 0.15) is 12.4 Å². The standard InChI is InChI=1S/C15H23NO3/c1-15(8-5-9-19-15)14(16)12-6-3-4-7-13(12)18-11-10-17-2/h3-4,6-7,14H,5,8-11,16H2,1-2H3. The zero-order chi connectivity index (χ0) is 13.7. The van der Waals surface area contributed by atoms with Crippen LogP contribution < -0.4 is 10.5 Å². The molecule has 1 aromatic carbocycles. The van der Waals surface area contributed by atoms with E-state index in [4.69, 9.17) is 19.9 Å². The van der Waals surface area contributed by atoms with Gasteiger partial charge in [0.05, 0.1) is 18.2 Å². The van der Waals surface area contributed by atoms with Crippen molar-refractivity contribution in [2.75, 3.05) is 26.9 Å². The van der Waals surface area contributed by atoms with Gasteiger partial charge in [-0.15, -0.1) is 0 Å². The topological polar surface area (TPSA) is 53.7 Å². The van der Waals surface area contributed by atoms with Crippen LogP contribution in [0.2, 0.25) is 0 Å². The Bertz CT molecular complexity index is 402. The second-order valence-corrected chi connectivity index (χ2v) is 5.12. The molecule has 1 aromatic rings. The van der Waals surface area contributed by atoms with Gasteiger partial charge in [0.25, 0.3) is 0 Å². The summed E-state index contributed by atoms with van der Waals surface area (Å²) < 4.78 is 16.6. The molecule has 4 heteroatoms. The van der Waals surface area contributed by atoms with Crippen LogP contribution in [0.4, 0.5) is 0 Å². The van der Waals surface area contributed by atoms with Gasteiger partial charge in [-0.25, -0.2) is 0 Å². The number of para-hydroxylation sites is 1. The van der Waals surface area contributed by atoms with Gasteiger partial charge >= 0.3 is 0 Å². The van der Waals surface area contributed by atoms with Gasteiger partial charge in [0.15, 0.2) is 0 Å². The molecule has 0 radical (unpaired) electrons. The monoisotopic (exact) mass is 265 g/mol. The summed E-state index contributed by atoms with van der Waals surface area (Å²) in [5, 5.41) is 0. The predicted molar refractivity (Wildman–Crippen MR) is 74.3 cm³/mol. The summed E-state index contributed by atoms with van der Waals surface area (Å²) in [6, 6.07) is 7.73. The summed E-state index contributed by atoms with van der Waals surface area (Å²) in [4.78, 5) is 0. The maximum atomic E-state index is 6.40. The number of nitrogens with two attached hydrogens (primary N) is 1. The number of benzene rings is 1. The van der Waals surface area contributed by atoms with Crippen LogP contribution in [0.5, 0.6) is 5.75 Å². The summed E-state index contributed by atoms with van der Waals surface area (Å²) in [7, 11) is 1.66. The van der Waals surface area contributed by atoms with Crippen LogP contribution in [0, 0.1) is 0 Å². The van der Waals surface area contributed by atoms with Gasteiger partial charge in [-0.2, -0.15) is 0 Å². The smallest absolute Gasteiger partial charge is 0.124 e. The SMILES string of the molecule is COCCOc1ccccc1C(N)C1(C)CCCO1. The Morgan fingerprint density at radius 3 is 2.84 bits per heavy atom. The van der Waals surface area contributed by atoms with E-state index >= 15 is 0 Å². The largest absolute Gasteiger partial charge is 0.491 e. The first kappa shape index (κ1) is 14.3. The third-order valence-corrected chi connectivity index (χ3v) is 3.71. The lowest BCUT2D eigenvalue weighted by atomic mass is 9.88. The molecule has 1 fully saturated rings. The lowest BCUT2D eigenvalue weighted by molar-refractivity contribution is -0.00250. The zero-order valence-corrected chi connectivity index (χ0v) is 11.7. The molecule has 2 N–H and O–H groups in total. The second kappa shape index (κ2) is 6.37. The molecule has 4 nitrogen and oxygen atoms in total. The summed E-state index contributed by atoms with van der Waals surface area (Å²) in [6.45, 7) is 3.96. The predicted octanol–water partition coefficient (Wildman–Crippen LogP) is 2.28. The fourth-order valence-corrected chi connectivity index (χ4v) is 2.48. The number of methoxy groups -OCH3 is 1. The maximum absolute atomic E-state index is 6.40. The molecule has 106 valence electrons. The van der Waals surface area contributed by atoms with E-state index < -0.39 is 0 Å². The highest BCUT2D eigenvalue weighted by atomic mass is 16.5. The van der Waals surface area contributed by atoms with Crippen molar-refractivity contribution < 1.29 is 14.2 Å². The molecule has 1 aliphatic heterocycles. The van der Waals surface area contributed by atoms with E-state index in [1.807, 2.05) is 24.3 Å². The van der Waals surface area contributed by atoms with Gasteiger partial charge in [0.2, 0.25) is 0 Å². The van der Waals surface area contributed by atoms with Crippen LogP contribution in [0.15, 0.2) is 24.3 Å². The highest BCUT2D eigenvalue weighted by Gasteiger charge is 2.38. The molecule has 1 heterocycles. The number of rotatable bonds is 6. The van der Waals surface area contributed by atoms with Crippen molar-refractivity contribution in [3.8, 4) is 5.75 Å². The van der Waals surface area contributed by atoms with Gasteiger partial charge in [-0.05, 0) is 25.8 Å². The molecular weight excluding hydrogens is 242 g/mol. The van der Waals surface area contributed by atoms with Crippen molar-refractivity contribution in [3.63, 3.8) is 0 Å². The van der Waals surface area contributed by atoms with E-state index in [2.05, 4.69) is 6.92 Å². The minimum absolute atomic E-state index is 0.172. The van der Waals surface area contributed by atoms with E-state index in [1.54, 1.807) is 7.11 Å². The molecular formula is C15H23NO3. The highest BCUT2D eigenvalue weighted by Crippen LogP contribution is 2.38. The molecule has 19 heavy (non-hydrogen) atoms. The zero-order valence-electron chi connectivity index (χ0n) is 11.7. The van der Waals surface area contributed by atoms with Crippen molar-refractivity contribution in [2.45, 2.75) is 31.4 Å². The Hall–Kier alpha value is -1.10. The fraction of sp³-hybridized carbons (Fsp3) is 0.600. The number of ether oxygens (including phenoxy) is 3. The molecule has 2 rings (SSSR count). The van der Waals surface area contributed by atoms with Crippen LogP contribution in [0.1, 0.15) is 31.4 Å². The van der Waals surface area contributed by atoms with Crippen molar-refractivity contribution in [1.29, 1.82) is 0 Å². The van der Waals surface area contributed by atoms with E-state index in [-0.39, 0.29) is 11.6 Å². The first-order valence-electron chi connectivity index (χ1n) is 6.77. The van der Waals surface area contributed by atoms with Gasteiger partial charge in [-0.1, -0.05) is 18.2 Å². The van der Waals surface area contributed by atoms with Crippen LogP contribution in [0.3, 0.4) is 0 Å². The lowest BCUT2D eigenvalue weighted by Gasteiger charge is -2.31. The van der Waals surface area contributed by atoms with Crippen LogP contribution in [0.25, 0.3) is 0 Å². The molecule has 0 aliphatic carbocycles. The highest BCUT2D eigenvalue weighted by molar-refractivity contribution is 5.37. The Balaban J connectivity index is 2.14. The van der Waals surface area contributed by atoms with Crippen molar-refractivity contribution in [2.24, 2.45) is 5.73 Å². The van der Waals surface area contributed by atoms with Gasteiger partial charge in [-0.3, -0.25) is 0 Å². The van der Waals surface area contributed by atoms with Crippen molar-refractivity contribution >= 4 is 0 Å². The van der Waals surface area contributed by atoms with Gasteiger partial charge in [0, 0.05) is 19.3 Å². The van der Waals surface area contributed by atoms with Crippen LogP contribution in [-0.2, 0) is 9.47 Å². The fourth-order valence-electron chi connectivity index (χ4n) is 2.48. The Morgan fingerprint density at radius 1 is 1.37 bits per heavy atom. The molecule has 2 atom stereocenters. The summed E-state index contributed by atoms with van der Waals surface area (Å²) in [5.74, 6) is 0.823. The summed E-state index contributed by atoms with van der Waals surface area (Å²) >= 11 is 0. The second-order valence-electron chi connectivity index (χ2n) is 5.12. The molecule has 0 spiro atoms. The molecule has 1 aliphatic rings. The molecule has 1 saturated heterocycles. The summed E-state index contributed by atoms with van der Waals surface area (Å²) in [6.07, 6.45) is 2.05. The summed E-state index contributed by atoms with van der Waals surface area (Å²) in [5.41, 5.74) is 7.12. The Morgan fingerprint density at radius 2 is 2.16 bits per heavy atom. The third kappa shape index (κ3) is 3.26. The first-order chi connectivity index (χ1) is 9.17. The molecule has 0 saturated carbocycles. The number of hydrogen-bond acceptors (Lipinski definition) is 4. The average molecular weight is 265 g/mol. The van der Waals surface area contributed by atoms with E-state index in [1.165, 1.54) is 0 Å². The average Bonchev–Trinajstić information content (AvgIpc) is 2.87. The van der Waals surface area contributed by atoms with Crippen LogP contribution in [-0.4, -0.2) is 32.5 Å².